The van der Waals surface area contributed by atoms with E-state index in [0.29, 0.717) is 5.56 Å². The second-order valence-corrected chi connectivity index (χ2v) is 6.26. The van der Waals surface area contributed by atoms with Crippen LogP contribution in [0.3, 0.4) is 0 Å². The van der Waals surface area contributed by atoms with E-state index in [-0.39, 0.29) is 5.78 Å². The largest absolute Gasteiger partial charge is 0.342 e. The smallest absolute Gasteiger partial charge is 0.323 e. The number of hydrogen-bond donors (Lipinski definition) is 1. The average Bonchev–Trinajstić information content (AvgIpc) is 2.39. The second kappa shape index (κ2) is 6.25. The fourth-order valence-electron chi connectivity index (χ4n) is 1.83. The van der Waals surface area contributed by atoms with Crippen LogP contribution in [-0.4, -0.2) is 25.7 Å². The third kappa shape index (κ3) is 3.06. The Morgan fingerprint density at radius 2 is 1.72 bits per heavy atom. The summed E-state index contributed by atoms with van der Waals surface area (Å²) >= 11 is 0. The topological polar surface area (TPSA) is 78.6 Å². The van der Waals surface area contributed by atoms with Gasteiger partial charge in [-0.1, -0.05) is 30.3 Å². The Kier molecular flexibility index (Phi) is 5.23. The number of carbonyl (C=O) groups is 1. The number of nitrogens with two attached hydrogens (primary N) is 1. The van der Waals surface area contributed by atoms with Gasteiger partial charge in [-0.25, -0.2) is 0 Å². The molecular formula is C12H18NO4P. The normalized spacial score (nSPS) is 15.1. The fraction of sp³-hybridized carbons (Fsp3) is 0.417. The molecule has 0 spiro atoms. The third-order valence-electron chi connectivity index (χ3n) is 2.79. The van der Waals surface area contributed by atoms with Crippen molar-refractivity contribution in [1.82, 2.24) is 0 Å². The third-order valence-corrected chi connectivity index (χ3v) is 5.17. The minimum atomic E-state index is -3.54. The second-order valence-electron chi connectivity index (χ2n) is 3.90. The molecule has 0 aliphatic rings. The lowest BCUT2D eigenvalue weighted by atomic mass is 10.0. The molecule has 1 aromatic rings. The molecule has 100 valence electrons. The van der Waals surface area contributed by atoms with E-state index >= 15 is 0 Å². The Morgan fingerprint density at radius 1 is 1.22 bits per heavy atom. The number of hydrogen-bond acceptors (Lipinski definition) is 5. The molecule has 0 aromatic heterocycles. The Hall–Kier alpha value is -1.00. The van der Waals surface area contributed by atoms with Crippen LogP contribution in [0.15, 0.2) is 30.3 Å². The summed E-state index contributed by atoms with van der Waals surface area (Å²) in [5, 5.41) is 0. The van der Waals surface area contributed by atoms with Crippen LogP contribution < -0.4 is 5.73 Å². The van der Waals surface area contributed by atoms with Gasteiger partial charge in [-0.05, 0) is 12.5 Å². The lowest BCUT2D eigenvalue weighted by Gasteiger charge is -2.27. The van der Waals surface area contributed by atoms with Crippen molar-refractivity contribution >= 4 is 13.4 Å². The Bertz CT molecular complexity index is 441. The van der Waals surface area contributed by atoms with Crippen molar-refractivity contribution in [3.8, 4) is 0 Å². The van der Waals surface area contributed by atoms with E-state index in [1.54, 1.807) is 24.3 Å². The summed E-state index contributed by atoms with van der Waals surface area (Å²) in [5.74, 6) is -0.321. The SMILES string of the molecule is COP(=O)(OC)C(C(C)=O)C(N)c1ccccc1. The summed E-state index contributed by atoms with van der Waals surface area (Å²) in [7, 11) is -1.05. The predicted octanol–water partition coefficient (Wildman–Crippen LogP) is 2.13. The van der Waals surface area contributed by atoms with Crippen LogP contribution >= 0.6 is 7.60 Å². The number of Topliss-reactive ketones (excluding diaryl/α,β-unsaturated/α-hetero) is 1. The van der Waals surface area contributed by atoms with Crippen molar-refractivity contribution in [3.63, 3.8) is 0 Å². The summed E-state index contributed by atoms with van der Waals surface area (Å²) in [4.78, 5) is 11.7. The molecule has 0 aliphatic heterocycles. The minimum Gasteiger partial charge on any atom is -0.323 e. The van der Waals surface area contributed by atoms with Gasteiger partial charge >= 0.3 is 7.60 Å². The van der Waals surface area contributed by atoms with E-state index < -0.39 is 19.3 Å². The molecule has 0 bridgehead atoms. The molecule has 2 unspecified atom stereocenters. The van der Waals surface area contributed by atoms with E-state index in [4.69, 9.17) is 14.8 Å². The highest BCUT2D eigenvalue weighted by molar-refractivity contribution is 7.55. The van der Waals surface area contributed by atoms with Gasteiger partial charge in [0.15, 0.2) is 0 Å². The van der Waals surface area contributed by atoms with Crippen LogP contribution in [0, 0.1) is 0 Å². The molecule has 5 nitrogen and oxygen atoms in total. The standard InChI is InChI=1S/C12H18NO4P/c1-9(14)12(18(15,16-2)17-3)11(13)10-7-5-4-6-8-10/h4-8,11-12H,13H2,1-3H3. The molecule has 2 atom stereocenters. The van der Waals surface area contributed by atoms with Crippen LogP contribution in [0.1, 0.15) is 18.5 Å². The van der Waals surface area contributed by atoms with Gasteiger partial charge in [0, 0.05) is 14.2 Å². The highest BCUT2D eigenvalue weighted by atomic mass is 31.2. The predicted molar refractivity (Wildman–Crippen MR) is 69.5 cm³/mol. The van der Waals surface area contributed by atoms with Gasteiger partial charge in [0.1, 0.15) is 11.4 Å². The summed E-state index contributed by atoms with van der Waals surface area (Å²) in [6, 6.07) is 8.26. The molecule has 1 aromatic carbocycles. The zero-order valence-electron chi connectivity index (χ0n) is 10.7. The molecule has 0 heterocycles. The molecule has 0 radical (unpaired) electrons. The molecule has 18 heavy (non-hydrogen) atoms. The van der Waals surface area contributed by atoms with Crippen LogP contribution in [0.25, 0.3) is 0 Å². The van der Waals surface area contributed by atoms with Gasteiger partial charge in [0.2, 0.25) is 0 Å². The molecule has 1 rings (SSSR count). The number of benzene rings is 1. The molecule has 0 amide bonds. The van der Waals surface area contributed by atoms with Crippen LogP contribution in [0.5, 0.6) is 0 Å². The Labute approximate surface area is 107 Å². The first-order valence-electron chi connectivity index (χ1n) is 5.48. The first kappa shape index (κ1) is 15.1. The highest BCUT2D eigenvalue weighted by Gasteiger charge is 2.42. The molecule has 0 aliphatic carbocycles. The van der Waals surface area contributed by atoms with E-state index in [0.717, 1.165) is 0 Å². The van der Waals surface area contributed by atoms with Crippen molar-refractivity contribution in [2.45, 2.75) is 18.6 Å². The van der Waals surface area contributed by atoms with Crippen LogP contribution in [0.2, 0.25) is 0 Å². The van der Waals surface area contributed by atoms with Crippen LogP contribution in [-0.2, 0) is 18.4 Å². The minimum absolute atomic E-state index is 0.321. The van der Waals surface area contributed by atoms with Crippen molar-refractivity contribution in [1.29, 1.82) is 0 Å². The molecule has 2 N–H and O–H groups in total. The van der Waals surface area contributed by atoms with E-state index in [2.05, 4.69) is 0 Å². The van der Waals surface area contributed by atoms with Crippen molar-refractivity contribution in [2.24, 2.45) is 5.73 Å². The van der Waals surface area contributed by atoms with Crippen molar-refractivity contribution < 1.29 is 18.4 Å². The zero-order chi connectivity index (χ0) is 13.8. The quantitative estimate of drug-likeness (QED) is 0.802. The first-order chi connectivity index (χ1) is 8.46. The van der Waals surface area contributed by atoms with Gasteiger partial charge in [-0.2, -0.15) is 0 Å². The summed E-state index contributed by atoms with van der Waals surface area (Å²) in [6.45, 7) is 1.33. The lowest BCUT2D eigenvalue weighted by molar-refractivity contribution is -0.117. The number of rotatable bonds is 6. The molecular weight excluding hydrogens is 253 g/mol. The monoisotopic (exact) mass is 271 g/mol. The molecule has 0 saturated heterocycles. The van der Waals surface area contributed by atoms with Crippen molar-refractivity contribution in [2.75, 3.05) is 14.2 Å². The molecule has 6 heteroatoms. The van der Waals surface area contributed by atoms with Crippen LogP contribution in [0.4, 0.5) is 0 Å². The van der Waals surface area contributed by atoms with Gasteiger partial charge in [-0.15, -0.1) is 0 Å². The maximum Gasteiger partial charge on any atom is 0.342 e. The van der Waals surface area contributed by atoms with Gasteiger partial charge in [0.25, 0.3) is 0 Å². The van der Waals surface area contributed by atoms with E-state index in [9.17, 15) is 9.36 Å². The Balaban J connectivity index is 3.15. The zero-order valence-corrected chi connectivity index (χ0v) is 11.6. The summed E-state index contributed by atoms with van der Waals surface area (Å²) in [5.41, 5.74) is 5.73. The van der Waals surface area contributed by atoms with E-state index in [1.807, 2.05) is 6.07 Å². The number of ketones is 1. The van der Waals surface area contributed by atoms with Gasteiger partial charge < -0.3 is 14.8 Å². The lowest BCUT2D eigenvalue weighted by Crippen LogP contribution is -2.33. The average molecular weight is 271 g/mol. The summed E-state index contributed by atoms with van der Waals surface area (Å²) in [6.07, 6.45) is 0. The van der Waals surface area contributed by atoms with Gasteiger partial charge in [0.05, 0.1) is 6.04 Å². The first-order valence-corrected chi connectivity index (χ1v) is 7.09. The van der Waals surface area contributed by atoms with Crippen molar-refractivity contribution in [3.05, 3.63) is 35.9 Å². The fourth-order valence-corrected chi connectivity index (χ4v) is 3.45. The summed E-state index contributed by atoms with van der Waals surface area (Å²) < 4.78 is 22.1. The highest BCUT2D eigenvalue weighted by Crippen LogP contribution is 2.55. The maximum atomic E-state index is 12.4. The maximum absolute atomic E-state index is 12.4. The number of carbonyl (C=O) groups excluding carboxylic acids is 1. The van der Waals surface area contributed by atoms with Gasteiger partial charge in [-0.3, -0.25) is 9.36 Å². The van der Waals surface area contributed by atoms with E-state index in [1.165, 1.54) is 21.1 Å². The Morgan fingerprint density at radius 3 is 2.11 bits per heavy atom. The molecule has 0 saturated carbocycles. The molecule has 0 fully saturated rings.